The normalized spacial score (nSPS) is 12.3. The molecule has 0 aliphatic rings. The molecule has 0 N–H and O–H groups in total. The molecule has 3 aromatic rings. The summed E-state index contributed by atoms with van der Waals surface area (Å²) in [5, 5.41) is -0.157. The summed E-state index contributed by atoms with van der Waals surface area (Å²) >= 11 is 11.5. The van der Waals surface area contributed by atoms with Crippen molar-refractivity contribution in [2.75, 3.05) is 15.9 Å². The van der Waals surface area contributed by atoms with Gasteiger partial charge in [-0.25, -0.2) is 17.7 Å². The van der Waals surface area contributed by atoms with Gasteiger partial charge in [0.1, 0.15) is 5.15 Å². The summed E-state index contributed by atoms with van der Waals surface area (Å²) in [4.78, 5) is 30.4. The molecule has 0 fully saturated rings. The van der Waals surface area contributed by atoms with Crippen molar-refractivity contribution in [3.05, 3.63) is 86.9 Å². The first-order valence-corrected chi connectivity index (χ1v) is 12.1. The molecular weight excluding hydrogens is 698 g/mol. The number of amides is 2. The zero-order chi connectivity index (χ0) is 29.5. The number of alkyl halides is 7. The van der Waals surface area contributed by atoms with E-state index in [0.29, 0.717) is 9.99 Å². The summed E-state index contributed by atoms with van der Waals surface area (Å²) in [6.45, 7) is 0. The van der Waals surface area contributed by atoms with Crippen molar-refractivity contribution in [3.8, 4) is 0 Å². The summed E-state index contributed by atoms with van der Waals surface area (Å²) in [6, 6.07) is 7.18. The largest absolute Gasteiger partial charge is 0.435 e. The maximum absolute atomic E-state index is 15.4. The third-order valence-electron chi connectivity index (χ3n) is 5.38. The molecule has 208 valence electrons. The SMILES string of the molecule is CN(C(=O)c1cccnc1Cl)c1cccc(C(=O)N(Br)c2ccc(C(F)(C(F)(F)F)C(F)(F)F)cc2Br)c1F. The average Bonchev–Trinajstić information content (AvgIpc) is 2.85. The van der Waals surface area contributed by atoms with Gasteiger partial charge in [0.05, 0.1) is 38.6 Å². The number of halogens is 11. The van der Waals surface area contributed by atoms with Crippen LogP contribution in [0.15, 0.2) is 59.2 Å². The molecule has 16 heteroatoms. The van der Waals surface area contributed by atoms with Crippen molar-refractivity contribution in [1.29, 1.82) is 0 Å². The number of hydrogen-bond donors (Lipinski definition) is 0. The van der Waals surface area contributed by atoms with Gasteiger partial charge >= 0.3 is 18.0 Å². The second-order valence-corrected chi connectivity index (χ2v) is 9.67. The Hall–Kier alpha value is -2.78. The van der Waals surface area contributed by atoms with E-state index in [1.807, 2.05) is 0 Å². The molecule has 0 bridgehead atoms. The number of carbonyl (C=O) groups is 2. The lowest BCUT2D eigenvalue weighted by Gasteiger charge is -2.30. The van der Waals surface area contributed by atoms with Gasteiger partial charge in [-0.05, 0) is 52.3 Å². The van der Waals surface area contributed by atoms with Crippen LogP contribution in [0.5, 0.6) is 0 Å². The van der Waals surface area contributed by atoms with Gasteiger partial charge in [0.2, 0.25) is 0 Å². The zero-order valence-corrected chi connectivity index (χ0v) is 22.9. The average molecular weight is 710 g/mol. The van der Waals surface area contributed by atoms with Gasteiger partial charge in [0.15, 0.2) is 5.82 Å². The predicted molar refractivity (Wildman–Crippen MR) is 133 cm³/mol. The van der Waals surface area contributed by atoms with Crippen molar-refractivity contribution < 1.29 is 44.7 Å². The van der Waals surface area contributed by atoms with Crippen LogP contribution >= 0.6 is 43.7 Å². The van der Waals surface area contributed by atoms with Gasteiger partial charge in [-0.15, -0.1) is 0 Å². The molecule has 3 rings (SSSR count). The van der Waals surface area contributed by atoms with Crippen LogP contribution < -0.4 is 8.83 Å². The van der Waals surface area contributed by atoms with Crippen LogP contribution in [-0.2, 0) is 5.67 Å². The number of benzene rings is 2. The topological polar surface area (TPSA) is 53.5 Å². The van der Waals surface area contributed by atoms with Crippen LogP contribution in [0.1, 0.15) is 26.3 Å². The summed E-state index contributed by atoms with van der Waals surface area (Å²) in [6.07, 6.45) is -11.4. The van der Waals surface area contributed by atoms with Gasteiger partial charge in [-0.2, -0.15) is 26.3 Å². The minimum absolute atomic E-state index is 0.0643. The van der Waals surface area contributed by atoms with E-state index >= 15 is 4.39 Å². The third kappa shape index (κ3) is 5.61. The Bertz CT molecular complexity index is 1420. The summed E-state index contributed by atoms with van der Waals surface area (Å²) in [7, 11) is 1.20. The predicted octanol–water partition coefficient (Wildman–Crippen LogP) is 8.16. The van der Waals surface area contributed by atoms with Crippen molar-refractivity contribution in [2.45, 2.75) is 18.0 Å². The van der Waals surface area contributed by atoms with Crippen molar-refractivity contribution >= 4 is 66.9 Å². The molecule has 0 atom stereocenters. The van der Waals surface area contributed by atoms with E-state index in [4.69, 9.17) is 11.6 Å². The molecule has 0 saturated carbocycles. The second-order valence-electron chi connectivity index (χ2n) is 7.75. The Morgan fingerprint density at radius 3 is 2.00 bits per heavy atom. The molecule has 0 spiro atoms. The number of aromatic nitrogens is 1. The number of rotatable bonds is 5. The minimum Gasteiger partial charge on any atom is -0.309 e. The molecular formula is C23H12Br2ClF8N3O2. The number of nitrogens with zero attached hydrogens (tertiary/aromatic N) is 3. The fourth-order valence-corrected chi connectivity index (χ4v) is 4.86. The molecule has 0 saturated heterocycles. The monoisotopic (exact) mass is 707 g/mol. The van der Waals surface area contributed by atoms with E-state index in [1.54, 1.807) is 0 Å². The first-order valence-electron chi connectivity index (χ1n) is 10.2. The van der Waals surface area contributed by atoms with Gasteiger partial charge in [-0.3, -0.25) is 9.59 Å². The van der Waals surface area contributed by atoms with Gasteiger partial charge in [-0.1, -0.05) is 23.7 Å². The molecule has 1 aromatic heterocycles. The lowest BCUT2D eigenvalue weighted by Crippen LogP contribution is -2.50. The smallest absolute Gasteiger partial charge is 0.309 e. The Kier molecular flexibility index (Phi) is 8.68. The number of anilines is 2. The van der Waals surface area contributed by atoms with Gasteiger partial charge in [0, 0.05) is 23.3 Å². The molecule has 0 radical (unpaired) electrons. The van der Waals surface area contributed by atoms with E-state index in [-0.39, 0.29) is 34.2 Å². The number of hydrogen-bond acceptors (Lipinski definition) is 3. The molecule has 0 aliphatic carbocycles. The van der Waals surface area contributed by atoms with E-state index in [2.05, 4.69) is 37.1 Å². The fraction of sp³-hybridized carbons (Fsp3) is 0.174. The van der Waals surface area contributed by atoms with Crippen molar-refractivity contribution in [1.82, 2.24) is 4.98 Å². The highest BCUT2D eigenvalue weighted by Gasteiger charge is 2.73. The number of carbonyl (C=O) groups excluding carboxylic acids is 2. The van der Waals surface area contributed by atoms with Crippen molar-refractivity contribution in [3.63, 3.8) is 0 Å². The Labute approximate surface area is 236 Å². The van der Waals surface area contributed by atoms with E-state index in [1.165, 1.54) is 37.5 Å². The van der Waals surface area contributed by atoms with Gasteiger partial charge < -0.3 is 4.90 Å². The molecule has 1 heterocycles. The highest BCUT2D eigenvalue weighted by Crippen LogP contribution is 2.54. The third-order valence-corrected chi connectivity index (χ3v) is 7.02. The minimum atomic E-state index is -6.34. The first-order chi connectivity index (χ1) is 17.9. The highest BCUT2D eigenvalue weighted by molar-refractivity contribution is 9.11. The second kappa shape index (κ2) is 11.0. The van der Waals surface area contributed by atoms with Crippen LogP contribution in [-0.4, -0.2) is 36.2 Å². The first kappa shape index (κ1) is 30.8. The molecule has 5 nitrogen and oxygen atoms in total. The lowest BCUT2D eigenvalue weighted by atomic mass is 9.94. The quantitative estimate of drug-likeness (QED) is 0.153. The molecule has 39 heavy (non-hydrogen) atoms. The lowest BCUT2D eigenvalue weighted by molar-refractivity contribution is -0.348. The zero-order valence-electron chi connectivity index (χ0n) is 19.0. The molecule has 2 amide bonds. The summed E-state index contributed by atoms with van der Waals surface area (Å²) in [5.74, 6) is -3.12. The molecule has 0 aliphatic heterocycles. The van der Waals surface area contributed by atoms with Crippen LogP contribution in [0.3, 0.4) is 0 Å². The maximum atomic E-state index is 15.4. The van der Waals surface area contributed by atoms with Crippen LogP contribution in [0.4, 0.5) is 46.5 Å². The number of pyridine rings is 1. The maximum Gasteiger partial charge on any atom is 0.435 e. The van der Waals surface area contributed by atoms with E-state index in [0.717, 1.165) is 11.0 Å². The van der Waals surface area contributed by atoms with Gasteiger partial charge in [0.25, 0.3) is 11.8 Å². The summed E-state index contributed by atoms with van der Waals surface area (Å²) in [5.41, 5.74) is -8.94. The highest BCUT2D eigenvalue weighted by atomic mass is 79.9. The van der Waals surface area contributed by atoms with E-state index in [9.17, 15) is 40.3 Å². The van der Waals surface area contributed by atoms with Crippen LogP contribution in [0, 0.1) is 5.82 Å². The van der Waals surface area contributed by atoms with E-state index < -0.39 is 51.3 Å². The van der Waals surface area contributed by atoms with Crippen molar-refractivity contribution in [2.24, 2.45) is 0 Å². The van der Waals surface area contributed by atoms with Crippen LogP contribution in [0.2, 0.25) is 5.15 Å². The summed E-state index contributed by atoms with van der Waals surface area (Å²) < 4.78 is 108. The molecule has 0 unspecified atom stereocenters. The Balaban J connectivity index is 1.97. The van der Waals surface area contributed by atoms with Crippen LogP contribution in [0.25, 0.3) is 0 Å². The fourth-order valence-electron chi connectivity index (χ4n) is 3.36. The Morgan fingerprint density at radius 1 is 0.872 bits per heavy atom. The standard InChI is InChI=1S/C23H12Br2ClF8N3O2/c1-36(19(38)13-5-3-9-35-18(13)26)16-6-2-4-12(17(16)27)20(39)37(25)15-8-7-11(10-14(15)24)21(28,22(29,30)31)23(32,33)34/h2-10H,1H3. The Morgan fingerprint density at radius 2 is 1.46 bits per heavy atom. The molecule has 2 aromatic carbocycles.